The van der Waals surface area contributed by atoms with Gasteiger partial charge in [-0.25, -0.2) is 4.39 Å². The van der Waals surface area contributed by atoms with Crippen molar-refractivity contribution in [3.8, 4) is 5.75 Å². The molecule has 0 bridgehead atoms. The highest BCUT2D eigenvalue weighted by atomic mass is 19.1. The van der Waals surface area contributed by atoms with Crippen LogP contribution in [0.2, 0.25) is 0 Å². The summed E-state index contributed by atoms with van der Waals surface area (Å²) >= 11 is 0. The third kappa shape index (κ3) is 3.81. The number of hydrogen-bond acceptors (Lipinski definition) is 2. The van der Waals surface area contributed by atoms with Crippen LogP contribution in [0, 0.1) is 11.7 Å². The van der Waals surface area contributed by atoms with E-state index in [1.807, 2.05) is 13.1 Å². The van der Waals surface area contributed by atoms with E-state index in [2.05, 4.69) is 19.2 Å². The molecule has 2 nitrogen and oxygen atoms in total. The van der Waals surface area contributed by atoms with E-state index in [9.17, 15) is 4.39 Å². The highest BCUT2D eigenvalue weighted by Gasteiger charge is 2.06. The maximum Gasteiger partial charge on any atom is 0.165 e. The molecule has 90 valence electrons. The van der Waals surface area contributed by atoms with Crippen LogP contribution in [-0.4, -0.2) is 13.7 Å². The highest BCUT2D eigenvalue weighted by Crippen LogP contribution is 2.19. The molecule has 0 aliphatic carbocycles. The second kappa shape index (κ2) is 6.48. The predicted octanol–water partition coefficient (Wildman–Crippen LogP) is 2.97. The molecule has 0 aliphatic rings. The van der Waals surface area contributed by atoms with Crippen molar-refractivity contribution < 1.29 is 9.13 Å². The largest absolute Gasteiger partial charge is 0.490 e. The zero-order valence-electron chi connectivity index (χ0n) is 10.2. The zero-order chi connectivity index (χ0) is 12.0. The van der Waals surface area contributed by atoms with Gasteiger partial charge in [-0.2, -0.15) is 0 Å². The molecule has 3 heteroatoms. The number of rotatable bonds is 6. The molecule has 0 heterocycles. The summed E-state index contributed by atoms with van der Waals surface area (Å²) in [6, 6.07) is 5.10. The summed E-state index contributed by atoms with van der Waals surface area (Å²) in [5.41, 5.74) is 0.927. The Labute approximate surface area is 96.8 Å². The first-order valence-electron chi connectivity index (χ1n) is 5.73. The Morgan fingerprint density at radius 3 is 2.75 bits per heavy atom. The standard InChI is InChI=1S/C13H20FNO/c1-4-10(2)9-16-13-6-5-11(8-15-3)7-12(13)14/h5-7,10,15H,4,8-9H2,1-3H3. The van der Waals surface area contributed by atoms with E-state index >= 15 is 0 Å². The Hall–Kier alpha value is -1.09. The van der Waals surface area contributed by atoms with E-state index in [4.69, 9.17) is 4.74 Å². The Bertz CT molecular complexity index is 328. The molecule has 1 atom stereocenters. The fourth-order valence-corrected chi connectivity index (χ4v) is 1.33. The van der Waals surface area contributed by atoms with Gasteiger partial charge in [0.15, 0.2) is 11.6 Å². The average molecular weight is 225 g/mol. The third-order valence-electron chi connectivity index (χ3n) is 2.60. The molecule has 16 heavy (non-hydrogen) atoms. The molecule has 0 aliphatic heterocycles. The van der Waals surface area contributed by atoms with Crippen LogP contribution in [0.1, 0.15) is 25.8 Å². The van der Waals surface area contributed by atoms with Gasteiger partial charge in [-0.3, -0.25) is 0 Å². The molecule has 1 aromatic carbocycles. The molecule has 0 spiro atoms. The summed E-state index contributed by atoms with van der Waals surface area (Å²) in [5.74, 6) is 0.521. The lowest BCUT2D eigenvalue weighted by atomic mass is 10.1. The molecule has 0 amide bonds. The Kier molecular flexibility index (Phi) is 5.26. The van der Waals surface area contributed by atoms with Crippen LogP contribution in [0.25, 0.3) is 0 Å². The van der Waals surface area contributed by atoms with Gasteiger partial charge in [0.1, 0.15) is 0 Å². The third-order valence-corrected chi connectivity index (χ3v) is 2.60. The first-order chi connectivity index (χ1) is 7.67. The summed E-state index contributed by atoms with van der Waals surface area (Å²) in [6.07, 6.45) is 1.04. The maximum atomic E-state index is 13.6. The predicted molar refractivity (Wildman–Crippen MR) is 64.1 cm³/mol. The van der Waals surface area contributed by atoms with Crippen molar-refractivity contribution in [1.29, 1.82) is 0 Å². The van der Waals surface area contributed by atoms with Gasteiger partial charge < -0.3 is 10.1 Å². The van der Waals surface area contributed by atoms with E-state index in [1.54, 1.807) is 6.07 Å². The molecular weight excluding hydrogens is 205 g/mol. The molecule has 1 unspecified atom stereocenters. The number of benzene rings is 1. The number of hydrogen-bond donors (Lipinski definition) is 1. The van der Waals surface area contributed by atoms with Gasteiger partial charge in [0.25, 0.3) is 0 Å². The molecule has 0 fully saturated rings. The van der Waals surface area contributed by atoms with Crippen molar-refractivity contribution in [3.63, 3.8) is 0 Å². The summed E-state index contributed by atoms with van der Waals surface area (Å²) in [6.45, 7) is 5.43. The van der Waals surface area contributed by atoms with Crippen LogP contribution in [0.5, 0.6) is 5.75 Å². The van der Waals surface area contributed by atoms with Gasteiger partial charge in [-0.15, -0.1) is 0 Å². The zero-order valence-corrected chi connectivity index (χ0v) is 10.2. The fourth-order valence-electron chi connectivity index (χ4n) is 1.33. The lowest BCUT2D eigenvalue weighted by molar-refractivity contribution is 0.246. The summed E-state index contributed by atoms with van der Waals surface area (Å²) in [4.78, 5) is 0. The molecule has 0 saturated carbocycles. The van der Waals surface area contributed by atoms with Gasteiger partial charge in [0, 0.05) is 6.54 Å². The Balaban J connectivity index is 2.60. The van der Waals surface area contributed by atoms with Crippen molar-refractivity contribution in [1.82, 2.24) is 5.32 Å². The maximum absolute atomic E-state index is 13.6. The van der Waals surface area contributed by atoms with E-state index in [0.717, 1.165) is 12.0 Å². The van der Waals surface area contributed by atoms with E-state index in [1.165, 1.54) is 6.07 Å². The van der Waals surface area contributed by atoms with Gasteiger partial charge in [-0.1, -0.05) is 26.3 Å². The number of halogens is 1. The molecule has 1 N–H and O–H groups in total. The normalized spacial score (nSPS) is 12.5. The van der Waals surface area contributed by atoms with Gasteiger partial charge >= 0.3 is 0 Å². The first kappa shape index (κ1) is 13.0. The molecule has 0 aromatic heterocycles. The molecule has 0 saturated heterocycles. The molecule has 1 rings (SSSR count). The van der Waals surface area contributed by atoms with Crippen molar-refractivity contribution in [2.45, 2.75) is 26.8 Å². The highest BCUT2D eigenvalue weighted by molar-refractivity contribution is 5.29. The molecule has 0 radical (unpaired) electrons. The minimum absolute atomic E-state index is 0.281. The minimum atomic E-state index is -0.281. The van der Waals surface area contributed by atoms with Crippen LogP contribution < -0.4 is 10.1 Å². The van der Waals surface area contributed by atoms with Gasteiger partial charge in [0.2, 0.25) is 0 Å². The van der Waals surface area contributed by atoms with Crippen LogP contribution in [0.4, 0.5) is 4.39 Å². The monoisotopic (exact) mass is 225 g/mol. The number of ether oxygens (including phenoxy) is 1. The lowest BCUT2D eigenvalue weighted by Gasteiger charge is -2.12. The SMILES string of the molecule is CCC(C)COc1ccc(CNC)cc1F. The smallest absolute Gasteiger partial charge is 0.165 e. The topological polar surface area (TPSA) is 21.3 Å². The second-order valence-corrected chi connectivity index (χ2v) is 4.12. The second-order valence-electron chi connectivity index (χ2n) is 4.12. The van der Waals surface area contributed by atoms with Crippen LogP contribution in [-0.2, 0) is 6.54 Å². The lowest BCUT2D eigenvalue weighted by Crippen LogP contribution is -2.09. The van der Waals surface area contributed by atoms with Crippen molar-refractivity contribution in [2.75, 3.05) is 13.7 Å². The summed E-state index contributed by atoms with van der Waals surface area (Å²) in [5, 5.41) is 2.98. The van der Waals surface area contributed by atoms with Gasteiger partial charge in [-0.05, 0) is 30.7 Å². The van der Waals surface area contributed by atoms with Crippen LogP contribution in [0.3, 0.4) is 0 Å². The molecular formula is C13H20FNO. The van der Waals surface area contributed by atoms with Crippen molar-refractivity contribution in [3.05, 3.63) is 29.6 Å². The quantitative estimate of drug-likeness (QED) is 0.803. The summed E-state index contributed by atoms with van der Waals surface area (Å²) in [7, 11) is 1.84. The first-order valence-corrected chi connectivity index (χ1v) is 5.73. The average Bonchev–Trinajstić information content (AvgIpc) is 2.28. The minimum Gasteiger partial charge on any atom is -0.490 e. The fraction of sp³-hybridized carbons (Fsp3) is 0.538. The van der Waals surface area contributed by atoms with E-state index < -0.39 is 0 Å². The van der Waals surface area contributed by atoms with Crippen LogP contribution >= 0.6 is 0 Å². The Morgan fingerprint density at radius 2 is 2.19 bits per heavy atom. The van der Waals surface area contributed by atoms with Gasteiger partial charge in [0.05, 0.1) is 6.61 Å². The molecule has 1 aromatic rings. The number of nitrogens with one attached hydrogen (secondary N) is 1. The van der Waals surface area contributed by atoms with Crippen molar-refractivity contribution in [2.24, 2.45) is 5.92 Å². The summed E-state index contributed by atoms with van der Waals surface area (Å²) < 4.78 is 19.0. The van der Waals surface area contributed by atoms with E-state index in [0.29, 0.717) is 24.8 Å². The van der Waals surface area contributed by atoms with Crippen LogP contribution in [0.15, 0.2) is 18.2 Å². The van der Waals surface area contributed by atoms with E-state index in [-0.39, 0.29) is 5.82 Å². The Morgan fingerprint density at radius 1 is 1.44 bits per heavy atom. The van der Waals surface area contributed by atoms with Crippen molar-refractivity contribution >= 4 is 0 Å².